The Labute approximate surface area is 197 Å². The molecule has 186 valence electrons. The molecule has 1 aromatic carbocycles. The van der Waals surface area contributed by atoms with Gasteiger partial charge in [0.05, 0.1) is 16.6 Å². The van der Waals surface area contributed by atoms with Gasteiger partial charge in [0.25, 0.3) is 0 Å². The minimum atomic E-state index is -4.39. The maximum atomic E-state index is 13.6. The fourth-order valence-electron chi connectivity index (χ4n) is 4.44. The van der Waals surface area contributed by atoms with Crippen molar-refractivity contribution < 1.29 is 31.1 Å². The van der Waals surface area contributed by atoms with Gasteiger partial charge in [-0.15, -0.1) is 0 Å². The average Bonchev–Trinajstić information content (AvgIpc) is 2.75. The summed E-state index contributed by atoms with van der Waals surface area (Å²) >= 11 is 0. The number of halogens is 3. The third-order valence-electron chi connectivity index (χ3n) is 6.80. The predicted octanol–water partition coefficient (Wildman–Crippen LogP) is 3.39. The number of primary sulfonamides is 1. The highest BCUT2D eigenvalue weighted by molar-refractivity contribution is 7.93. The highest BCUT2D eigenvalue weighted by Crippen LogP contribution is 2.43. The minimum absolute atomic E-state index is 0.0133. The second-order valence-corrected chi connectivity index (χ2v) is 10.8. The van der Waals surface area contributed by atoms with E-state index < -0.39 is 27.2 Å². The number of anilines is 1. The Kier molecular flexibility index (Phi) is 6.45. The summed E-state index contributed by atoms with van der Waals surface area (Å²) in [5, 5.41) is 5.35. The van der Waals surface area contributed by atoms with E-state index in [0.29, 0.717) is 37.6 Å². The average molecular weight is 500 g/mol. The summed E-state index contributed by atoms with van der Waals surface area (Å²) in [6, 6.07) is 4.95. The number of ether oxygens (including phenoxy) is 1. The number of carbonyl (C=O) groups is 1. The molecule has 0 bridgehead atoms. The molecule has 1 saturated heterocycles. The maximum Gasteiger partial charge on any atom is 0.416 e. The first kappa shape index (κ1) is 24.6. The van der Waals surface area contributed by atoms with Gasteiger partial charge in [-0.3, -0.25) is 4.79 Å². The standard InChI is InChI=1S/C23H28F3N3O4S/c1-22(15-19(34(27,31)32)9-10-20(22)33-18-3-2-4-18)21(30)29-13-11-28(12-14-29)17-7-5-16(6-8-17)23(24,25)26/h5-10,18H,2-4,11-15H2,1H3,(H2,27,31,32). The molecule has 2 N–H and O–H groups in total. The number of hydrogen-bond donors (Lipinski definition) is 1. The normalized spacial score (nSPS) is 24.3. The topological polar surface area (TPSA) is 92.9 Å². The molecule has 0 radical (unpaired) electrons. The Morgan fingerprint density at radius 1 is 1.09 bits per heavy atom. The van der Waals surface area contributed by atoms with Crippen LogP contribution in [0.1, 0.15) is 38.2 Å². The van der Waals surface area contributed by atoms with Crippen molar-refractivity contribution in [2.45, 2.75) is 44.9 Å². The lowest BCUT2D eigenvalue weighted by Gasteiger charge is -2.43. The number of sulfonamides is 1. The molecule has 4 rings (SSSR count). The molecular weight excluding hydrogens is 471 g/mol. The first-order valence-electron chi connectivity index (χ1n) is 11.2. The zero-order valence-corrected chi connectivity index (χ0v) is 19.7. The second kappa shape index (κ2) is 8.92. The molecule has 0 aromatic heterocycles. The van der Waals surface area contributed by atoms with Crippen LogP contribution < -0.4 is 10.0 Å². The van der Waals surface area contributed by atoms with Crippen molar-refractivity contribution >= 4 is 21.6 Å². The van der Waals surface area contributed by atoms with Crippen molar-refractivity contribution in [3.63, 3.8) is 0 Å². The van der Waals surface area contributed by atoms with Crippen LogP contribution in [0.15, 0.2) is 47.1 Å². The Bertz CT molecular complexity index is 1100. The number of hydrogen-bond acceptors (Lipinski definition) is 5. The Morgan fingerprint density at radius 3 is 2.21 bits per heavy atom. The lowest BCUT2D eigenvalue weighted by atomic mass is 9.79. The highest BCUT2D eigenvalue weighted by Gasteiger charge is 2.46. The van der Waals surface area contributed by atoms with Gasteiger partial charge in [0.1, 0.15) is 11.2 Å². The van der Waals surface area contributed by atoms with E-state index in [0.717, 1.165) is 31.4 Å². The number of benzene rings is 1. The van der Waals surface area contributed by atoms with Crippen LogP contribution in [0.3, 0.4) is 0 Å². The van der Waals surface area contributed by atoms with Crippen molar-refractivity contribution in [1.82, 2.24) is 4.90 Å². The van der Waals surface area contributed by atoms with Gasteiger partial charge >= 0.3 is 6.18 Å². The molecule has 7 nitrogen and oxygen atoms in total. The highest BCUT2D eigenvalue weighted by atomic mass is 32.2. The van der Waals surface area contributed by atoms with Crippen molar-refractivity contribution in [1.29, 1.82) is 0 Å². The summed E-state index contributed by atoms with van der Waals surface area (Å²) in [5.41, 5.74) is -1.26. The number of carbonyl (C=O) groups excluding carboxylic acids is 1. The van der Waals surface area contributed by atoms with Gasteiger partial charge < -0.3 is 14.5 Å². The summed E-state index contributed by atoms with van der Waals surface area (Å²) in [6.45, 7) is 3.25. The summed E-state index contributed by atoms with van der Waals surface area (Å²) < 4.78 is 68.6. The molecule has 1 heterocycles. The third kappa shape index (κ3) is 4.95. The summed E-state index contributed by atoms with van der Waals surface area (Å²) in [4.78, 5) is 17.2. The second-order valence-electron chi connectivity index (χ2n) is 9.21. The molecule has 2 fully saturated rings. The first-order chi connectivity index (χ1) is 15.9. The van der Waals surface area contributed by atoms with Gasteiger partial charge in [-0.2, -0.15) is 13.2 Å². The van der Waals surface area contributed by atoms with Gasteiger partial charge in [-0.1, -0.05) is 0 Å². The van der Waals surface area contributed by atoms with Crippen LogP contribution >= 0.6 is 0 Å². The number of alkyl halides is 3. The maximum absolute atomic E-state index is 13.6. The molecule has 2 aliphatic carbocycles. The molecule has 3 aliphatic rings. The van der Waals surface area contributed by atoms with E-state index in [4.69, 9.17) is 9.88 Å². The SMILES string of the molecule is CC1(C(=O)N2CCN(c3ccc(C(F)(F)F)cc3)CC2)CC(S(N)(=O)=O)=CC=C1OC1CCC1. The van der Waals surface area contributed by atoms with Crippen molar-refractivity contribution in [3.05, 3.63) is 52.6 Å². The fraction of sp³-hybridized carbons (Fsp3) is 0.522. The number of amides is 1. The Balaban J connectivity index is 1.47. The molecule has 34 heavy (non-hydrogen) atoms. The minimum Gasteiger partial charge on any atom is -0.494 e. The van der Waals surface area contributed by atoms with Gasteiger partial charge in [0.2, 0.25) is 15.9 Å². The van der Waals surface area contributed by atoms with Crippen molar-refractivity contribution in [2.24, 2.45) is 10.6 Å². The fourth-order valence-corrected chi connectivity index (χ4v) is 5.19. The molecule has 1 amide bonds. The van der Waals surface area contributed by atoms with Crippen LogP contribution in [0.5, 0.6) is 0 Å². The molecule has 1 aliphatic heterocycles. The van der Waals surface area contributed by atoms with E-state index in [1.54, 1.807) is 11.8 Å². The molecular formula is C23H28F3N3O4S. The molecule has 11 heteroatoms. The van der Waals surface area contributed by atoms with Crippen LogP contribution in [-0.2, 0) is 25.7 Å². The van der Waals surface area contributed by atoms with Gasteiger partial charge in [0, 0.05) is 38.3 Å². The first-order valence-corrected chi connectivity index (χ1v) is 12.7. The Morgan fingerprint density at radius 2 is 1.71 bits per heavy atom. The van der Waals surface area contributed by atoms with E-state index in [1.165, 1.54) is 24.3 Å². The van der Waals surface area contributed by atoms with Gasteiger partial charge in [-0.25, -0.2) is 13.6 Å². The summed E-state index contributed by atoms with van der Waals surface area (Å²) in [5.74, 6) is 0.194. The number of allylic oxidation sites excluding steroid dienone is 3. The van der Waals surface area contributed by atoms with Crippen LogP contribution in [0.4, 0.5) is 18.9 Å². The lowest BCUT2D eigenvalue weighted by Crippen LogP contribution is -2.54. The van der Waals surface area contributed by atoms with Crippen molar-refractivity contribution in [2.75, 3.05) is 31.1 Å². The van der Waals surface area contributed by atoms with E-state index in [1.807, 2.05) is 4.90 Å². The van der Waals surface area contributed by atoms with E-state index in [9.17, 15) is 26.4 Å². The summed E-state index contributed by atoms with van der Waals surface area (Å²) in [7, 11) is -3.96. The number of nitrogens with two attached hydrogens (primary N) is 1. The van der Waals surface area contributed by atoms with E-state index >= 15 is 0 Å². The summed E-state index contributed by atoms with van der Waals surface area (Å²) in [6.07, 6.45) is 1.31. The van der Waals surface area contributed by atoms with Crippen LogP contribution in [0.2, 0.25) is 0 Å². The quantitative estimate of drug-likeness (QED) is 0.671. The number of piperazine rings is 1. The number of rotatable bonds is 5. The van der Waals surface area contributed by atoms with Crippen LogP contribution in [0.25, 0.3) is 0 Å². The largest absolute Gasteiger partial charge is 0.494 e. The smallest absolute Gasteiger partial charge is 0.416 e. The van der Waals surface area contributed by atoms with Gasteiger partial charge in [0.15, 0.2) is 0 Å². The lowest BCUT2D eigenvalue weighted by molar-refractivity contribution is -0.143. The number of nitrogens with zero attached hydrogens (tertiary/aromatic N) is 2. The van der Waals surface area contributed by atoms with Crippen LogP contribution in [0, 0.1) is 5.41 Å². The third-order valence-corrected chi connectivity index (χ3v) is 7.81. The van der Waals surface area contributed by atoms with Crippen LogP contribution in [-0.4, -0.2) is 51.5 Å². The molecule has 1 aromatic rings. The predicted molar refractivity (Wildman–Crippen MR) is 121 cm³/mol. The monoisotopic (exact) mass is 499 g/mol. The Hall–Kier alpha value is -2.53. The van der Waals surface area contributed by atoms with E-state index in [-0.39, 0.29) is 23.3 Å². The molecule has 1 saturated carbocycles. The van der Waals surface area contributed by atoms with Gasteiger partial charge in [-0.05, 0) is 62.6 Å². The molecule has 1 atom stereocenters. The zero-order valence-electron chi connectivity index (χ0n) is 18.8. The molecule has 1 unspecified atom stereocenters. The van der Waals surface area contributed by atoms with Crippen molar-refractivity contribution in [3.8, 4) is 0 Å². The zero-order chi connectivity index (χ0) is 24.7. The molecule has 0 spiro atoms. The van der Waals surface area contributed by atoms with E-state index in [2.05, 4.69) is 0 Å².